The van der Waals surface area contributed by atoms with E-state index in [4.69, 9.17) is 0 Å². The zero-order chi connectivity index (χ0) is 29.4. The van der Waals surface area contributed by atoms with E-state index < -0.39 is 35.7 Å². The van der Waals surface area contributed by atoms with Crippen LogP contribution < -0.4 is 16.0 Å². The number of piperidine rings is 1. The molecule has 218 valence electrons. The predicted octanol–water partition coefficient (Wildman–Crippen LogP) is 2.44. The van der Waals surface area contributed by atoms with Gasteiger partial charge in [-0.15, -0.1) is 0 Å². The van der Waals surface area contributed by atoms with Crippen LogP contribution in [0.5, 0.6) is 0 Å². The van der Waals surface area contributed by atoms with E-state index in [0.717, 1.165) is 18.4 Å². The molecule has 2 aliphatic carbocycles. The van der Waals surface area contributed by atoms with Crippen molar-refractivity contribution in [1.82, 2.24) is 20.9 Å². The second kappa shape index (κ2) is 11.7. The Kier molecular flexibility index (Phi) is 8.71. The van der Waals surface area contributed by atoms with E-state index in [1.165, 1.54) is 0 Å². The molecule has 0 radical (unpaired) electrons. The molecule has 2 saturated carbocycles. The van der Waals surface area contributed by atoms with Gasteiger partial charge in [0, 0.05) is 19.0 Å². The number of Topliss-reactive ketones (excluding diaryl/α,β-unsaturated/α-hetero) is 1. The normalized spacial score (nSPS) is 24.2. The summed E-state index contributed by atoms with van der Waals surface area (Å²) in [5.74, 6) is -2.33. The summed E-state index contributed by atoms with van der Waals surface area (Å²) < 4.78 is 0. The molecule has 0 spiro atoms. The number of hydrogen-bond acceptors (Lipinski definition) is 5. The Balaban J connectivity index is 1.49. The first-order valence-corrected chi connectivity index (χ1v) is 14.6. The molecule has 4 rings (SSSR count). The van der Waals surface area contributed by atoms with Crippen LogP contribution in [-0.2, 0) is 30.5 Å². The van der Waals surface area contributed by atoms with Gasteiger partial charge in [-0.1, -0.05) is 84.7 Å². The van der Waals surface area contributed by atoms with Gasteiger partial charge in [0.1, 0.15) is 12.1 Å². The Bertz CT molecular complexity index is 1140. The SMILES string of the molecule is CC(C)C(=O)N[C@H](C(=O)N1C[C@H]2[C@@H]([C@H]1C(=O)NC(CC1CC1)C(=O)C(=O)NCc1ccccc1)C2(C)C)C(C)C. The fraction of sp³-hybridized carbons (Fsp3) is 0.645. The molecule has 1 aliphatic heterocycles. The highest BCUT2D eigenvalue weighted by atomic mass is 16.2. The maximum absolute atomic E-state index is 13.9. The molecular weight excluding hydrogens is 508 g/mol. The summed E-state index contributed by atoms with van der Waals surface area (Å²) in [5, 5.41) is 8.44. The third kappa shape index (κ3) is 6.39. The Labute approximate surface area is 237 Å². The van der Waals surface area contributed by atoms with Crippen LogP contribution in [0.25, 0.3) is 0 Å². The van der Waals surface area contributed by atoms with Gasteiger partial charge in [0.05, 0.1) is 6.04 Å². The number of ketones is 1. The number of nitrogens with one attached hydrogen (secondary N) is 3. The second-order valence-corrected chi connectivity index (χ2v) is 13.0. The number of benzene rings is 1. The van der Waals surface area contributed by atoms with Crippen LogP contribution in [0, 0.1) is 35.0 Å². The van der Waals surface area contributed by atoms with Crippen molar-refractivity contribution in [2.45, 2.75) is 85.5 Å². The van der Waals surface area contributed by atoms with Crippen LogP contribution in [0.4, 0.5) is 0 Å². The Morgan fingerprint density at radius 1 is 0.975 bits per heavy atom. The van der Waals surface area contributed by atoms with Gasteiger partial charge in [-0.05, 0) is 41.1 Å². The third-order valence-corrected chi connectivity index (χ3v) is 8.93. The zero-order valence-electron chi connectivity index (χ0n) is 24.5. The van der Waals surface area contributed by atoms with Crippen LogP contribution in [-0.4, -0.2) is 59.0 Å². The van der Waals surface area contributed by atoms with E-state index in [-0.39, 0.29) is 47.4 Å². The summed E-state index contributed by atoms with van der Waals surface area (Å²) in [6.45, 7) is 12.1. The highest BCUT2D eigenvalue weighted by Gasteiger charge is 2.69. The minimum atomic E-state index is -0.949. The monoisotopic (exact) mass is 552 g/mol. The van der Waals surface area contributed by atoms with E-state index in [0.29, 0.717) is 18.9 Å². The van der Waals surface area contributed by atoms with Gasteiger partial charge in [-0.3, -0.25) is 24.0 Å². The molecule has 3 N–H and O–H groups in total. The van der Waals surface area contributed by atoms with Crippen LogP contribution in [0.2, 0.25) is 0 Å². The summed E-state index contributed by atoms with van der Waals surface area (Å²) in [6.07, 6.45) is 2.33. The predicted molar refractivity (Wildman–Crippen MR) is 150 cm³/mol. The molecule has 1 unspecified atom stereocenters. The smallest absolute Gasteiger partial charge is 0.289 e. The molecule has 1 heterocycles. The number of amides is 4. The van der Waals surface area contributed by atoms with Crippen molar-refractivity contribution in [2.24, 2.45) is 35.0 Å². The molecular formula is C31H44N4O5. The highest BCUT2D eigenvalue weighted by Crippen LogP contribution is 2.65. The van der Waals surface area contributed by atoms with E-state index in [9.17, 15) is 24.0 Å². The van der Waals surface area contributed by atoms with Crippen LogP contribution >= 0.6 is 0 Å². The number of rotatable bonds is 12. The summed E-state index contributed by atoms with van der Waals surface area (Å²) in [4.78, 5) is 67.7. The molecule has 0 aromatic heterocycles. The molecule has 5 atom stereocenters. The topological polar surface area (TPSA) is 125 Å². The van der Waals surface area contributed by atoms with Crippen molar-refractivity contribution in [1.29, 1.82) is 0 Å². The average molecular weight is 553 g/mol. The first-order valence-electron chi connectivity index (χ1n) is 14.6. The molecule has 40 heavy (non-hydrogen) atoms. The number of nitrogens with zero attached hydrogens (tertiary/aromatic N) is 1. The van der Waals surface area contributed by atoms with Gasteiger partial charge in [-0.2, -0.15) is 0 Å². The van der Waals surface area contributed by atoms with Gasteiger partial charge in [-0.25, -0.2) is 0 Å². The van der Waals surface area contributed by atoms with Crippen LogP contribution in [0.3, 0.4) is 0 Å². The van der Waals surface area contributed by atoms with Crippen molar-refractivity contribution in [2.75, 3.05) is 6.54 Å². The number of hydrogen-bond donors (Lipinski definition) is 3. The lowest BCUT2D eigenvalue weighted by Crippen LogP contribution is -2.59. The first kappa shape index (κ1) is 29.7. The number of carbonyl (C=O) groups is 5. The summed E-state index contributed by atoms with van der Waals surface area (Å²) in [5.41, 5.74) is 0.758. The third-order valence-electron chi connectivity index (χ3n) is 8.93. The van der Waals surface area contributed by atoms with Crippen molar-refractivity contribution < 1.29 is 24.0 Å². The zero-order valence-corrected chi connectivity index (χ0v) is 24.5. The Morgan fingerprint density at radius 2 is 1.62 bits per heavy atom. The lowest BCUT2D eigenvalue weighted by atomic mass is 9.96. The number of likely N-dealkylation sites (tertiary alicyclic amines) is 1. The molecule has 0 bridgehead atoms. The summed E-state index contributed by atoms with van der Waals surface area (Å²) in [6, 6.07) is 6.86. The van der Waals surface area contributed by atoms with Gasteiger partial charge >= 0.3 is 0 Å². The molecule has 1 aromatic rings. The van der Waals surface area contributed by atoms with Crippen molar-refractivity contribution in [3.05, 3.63) is 35.9 Å². The Hall–Kier alpha value is -3.23. The van der Waals surface area contributed by atoms with E-state index in [2.05, 4.69) is 29.8 Å². The molecule has 4 amide bonds. The molecule has 9 heteroatoms. The Morgan fingerprint density at radius 3 is 2.20 bits per heavy atom. The summed E-state index contributed by atoms with van der Waals surface area (Å²) >= 11 is 0. The molecule has 1 saturated heterocycles. The average Bonchev–Trinajstić information content (AvgIpc) is 3.76. The van der Waals surface area contributed by atoms with Gasteiger partial charge in [0.15, 0.2) is 0 Å². The lowest BCUT2D eigenvalue weighted by Gasteiger charge is -2.35. The standard InChI is InChI=1S/C31H44N4O5/c1-17(2)24(34-27(37)18(3)4)30(40)35-16-21-23(31(21,5)6)25(35)28(38)33-22(14-19-12-13-19)26(36)29(39)32-15-20-10-8-7-9-11-20/h7-11,17-19,21-25H,12-16H2,1-6H3,(H,32,39)(H,33,38)(H,34,37)/t21-,22?,23-,24-,25-/m0/s1. The van der Waals surface area contributed by atoms with Gasteiger partial charge in [0.25, 0.3) is 5.91 Å². The van der Waals surface area contributed by atoms with Crippen molar-refractivity contribution in [3.8, 4) is 0 Å². The van der Waals surface area contributed by atoms with Crippen molar-refractivity contribution >= 4 is 29.4 Å². The van der Waals surface area contributed by atoms with Crippen LogP contribution in [0.1, 0.15) is 66.4 Å². The fourth-order valence-corrected chi connectivity index (χ4v) is 6.02. The van der Waals surface area contributed by atoms with E-state index in [1.807, 2.05) is 44.2 Å². The number of fused-ring (bicyclic) bond motifs is 1. The first-order chi connectivity index (χ1) is 18.8. The molecule has 1 aromatic carbocycles. The minimum Gasteiger partial charge on any atom is -0.345 e. The van der Waals surface area contributed by atoms with Crippen molar-refractivity contribution in [3.63, 3.8) is 0 Å². The second-order valence-electron chi connectivity index (χ2n) is 13.0. The largest absolute Gasteiger partial charge is 0.345 e. The highest BCUT2D eigenvalue weighted by molar-refractivity contribution is 6.38. The van der Waals surface area contributed by atoms with Crippen LogP contribution in [0.15, 0.2) is 30.3 Å². The number of carbonyl (C=O) groups excluding carboxylic acids is 5. The van der Waals surface area contributed by atoms with E-state index in [1.54, 1.807) is 18.7 Å². The van der Waals surface area contributed by atoms with Gasteiger partial charge in [0.2, 0.25) is 23.5 Å². The summed E-state index contributed by atoms with van der Waals surface area (Å²) in [7, 11) is 0. The minimum absolute atomic E-state index is 0.0475. The maximum Gasteiger partial charge on any atom is 0.289 e. The maximum atomic E-state index is 13.9. The molecule has 3 fully saturated rings. The van der Waals surface area contributed by atoms with Gasteiger partial charge < -0.3 is 20.9 Å². The lowest BCUT2D eigenvalue weighted by molar-refractivity contribution is -0.145. The molecule has 3 aliphatic rings. The van der Waals surface area contributed by atoms with E-state index >= 15 is 0 Å². The quantitative estimate of drug-likeness (QED) is 0.344. The molecule has 9 nitrogen and oxygen atoms in total. The fourth-order valence-electron chi connectivity index (χ4n) is 6.02.